The predicted molar refractivity (Wildman–Crippen MR) is 102 cm³/mol. The van der Waals surface area contributed by atoms with Gasteiger partial charge in [-0.15, -0.1) is 11.8 Å². The van der Waals surface area contributed by atoms with Gasteiger partial charge in [-0.1, -0.05) is 35.9 Å². The van der Waals surface area contributed by atoms with Crippen LogP contribution in [0.1, 0.15) is 24.1 Å². The van der Waals surface area contributed by atoms with Crippen molar-refractivity contribution in [2.45, 2.75) is 23.6 Å². The van der Waals surface area contributed by atoms with E-state index in [2.05, 4.69) is 5.32 Å². The molecule has 0 spiro atoms. The average molecular weight is 399 g/mol. The van der Waals surface area contributed by atoms with Crippen LogP contribution in [0.3, 0.4) is 0 Å². The van der Waals surface area contributed by atoms with Crippen LogP contribution in [-0.2, 0) is 20.6 Å². The van der Waals surface area contributed by atoms with E-state index in [0.717, 1.165) is 16.9 Å². The molecule has 2 rings (SSSR count). The van der Waals surface area contributed by atoms with Crippen molar-refractivity contribution in [2.75, 3.05) is 5.75 Å². The van der Waals surface area contributed by atoms with E-state index in [9.17, 15) is 13.2 Å². The summed E-state index contributed by atoms with van der Waals surface area (Å²) in [5, 5.41) is 8.64. The number of sulfonamides is 1. The number of rotatable bonds is 7. The Kier molecular flexibility index (Phi) is 6.89. The normalized spacial score (nSPS) is 12.6. The fourth-order valence-corrected chi connectivity index (χ4v) is 3.60. The van der Waals surface area contributed by atoms with E-state index in [4.69, 9.17) is 16.7 Å². The first-order valence-corrected chi connectivity index (χ1v) is 10.6. The number of hydrogen-bond donors (Lipinski definition) is 2. The molecule has 0 bridgehead atoms. The van der Waals surface area contributed by atoms with Crippen molar-refractivity contribution in [2.24, 2.45) is 5.14 Å². The number of amides is 1. The molecule has 0 heterocycles. The van der Waals surface area contributed by atoms with Gasteiger partial charge in [0.1, 0.15) is 0 Å². The number of benzene rings is 2. The van der Waals surface area contributed by atoms with Gasteiger partial charge in [0.15, 0.2) is 0 Å². The Morgan fingerprint density at radius 3 is 2.32 bits per heavy atom. The van der Waals surface area contributed by atoms with E-state index in [0.29, 0.717) is 10.8 Å². The molecule has 8 heteroatoms. The number of hydrogen-bond acceptors (Lipinski definition) is 4. The Labute approximate surface area is 157 Å². The molecule has 0 aromatic heterocycles. The predicted octanol–water partition coefficient (Wildman–Crippen LogP) is 3.10. The number of nitrogens with one attached hydrogen (secondary N) is 1. The van der Waals surface area contributed by atoms with Crippen molar-refractivity contribution < 1.29 is 13.2 Å². The van der Waals surface area contributed by atoms with Crippen molar-refractivity contribution in [3.05, 3.63) is 64.7 Å². The lowest BCUT2D eigenvalue weighted by Gasteiger charge is -2.14. The van der Waals surface area contributed by atoms with Gasteiger partial charge in [-0.2, -0.15) is 0 Å². The lowest BCUT2D eigenvalue weighted by molar-refractivity contribution is -0.119. The first-order valence-electron chi connectivity index (χ1n) is 7.50. The summed E-state index contributed by atoms with van der Waals surface area (Å²) in [5.41, 5.74) is 1.91. The zero-order valence-electron chi connectivity index (χ0n) is 13.6. The molecule has 0 radical (unpaired) electrons. The molecular weight excluding hydrogens is 380 g/mol. The summed E-state index contributed by atoms with van der Waals surface area (Å²) in [6, 6.07) is 13.4. The third-order valence-corrected chi connectivity index (χ3v) is 5.69. The Morgan fingerprint density at radius 2 is 1.76 bits per heavy atom. The van der Waals surface area contributed by atoms with Crippen molar-refractivity contribution >= 4 is 39.3 Å². The maximum Gasteiger partial charge on any atom is 0.238 e. The summed E-state index contributed by atoms with van der Waals surface area (Å²) < 4.78 is 22.5. The SMILES string of the molecule is CC(NC(=O)CSCc1ccc(Cl)cc1)c1ccc(S(N)(=O)=O)cc1. The van der Waals surface area contributed by atoms with Crippen molar-refractivity contribution in [1.82, 2.24) is 5.32 Å². The third kappa shape index (κ3) is 6.36. The number of primary sulfonamides is 1. The minimum absolute atomic E-state index is 0.0493. The lowest BCUT2D eigenvalue weighted by Crippen LogP contribution is -2.28. The Balaban J connectivity index is 1.82. The molecule has 25 heavy (non-hydrogen) atoms. The minimum atomic E-state index is -3.71. The molecule has 0 aliphatic carbocycles. The second-order valence-electron chi connectivity index (χ2n) is 5.52. The first kappa shape index (κ1) is 19.8. The number of thioether (sulfide) groups is 1. The maximum absolute atomic E-state index is 12.0. The van der Waals surface area contributed by atoms with Gasteiger partial charge in [0.2, 0.25) is 15.9 Å². The van der Waals surface area contributed by atoms with Crippen LogP contribution < -0.4 is 10.5 Å². The topological polar surface area (TPSA) is 89.3 Å². The average Bonchev–Trinajstić information content (AvgIpc) is 2.56. The van der Waals surface area contributed by atoms with Gasteiger partial charge < -0.3 is 5.32 Å². The molecule has 1 atom stereocenters. The van der Waals surface area contributed by atoms with E-state index < -0.39 is 10.0 Å². The zero-order valence-corrected chi connectivity index (χ0v) is 16.0. The van der Waals surface area contributed by atoms with E-state index in [1.165, 1.54) is 23.9 Å². The van der Waals surface area contributed by atoms with Gasteiger partial charge in [0.05, 0.1) is 16.7 Å². The van der Waals surface area contributed by atoms with Gasteiger partial charge in [0.25, 0.3) is 0 Å². The summed E-state index contributed by atoms with van der Waals surface area (Å²) in [7, 11) is -3.71. The number of halogens is 1. The standard InChI is InChI=1S/C17H19ClN2O3S2/c1-12(14-4-8-16(9-5-14)25(19,22)23)20-17(21)11-24-10-13-2-6-15(18)7-3-13/h2-9,12H,10-11H2,1H3,(H,20,21)(H2,19,22,23). The highest BCUT2D eigenvalue weighted by Gasteiger charge is 2.12. The summed E-state index contributed by atoms with van der Waals surface area (Å²) >= 11 is 7.35. The Hall–Kier alpha value is -1.54. The zero-order chi connectivity index (χ0) is 18.4. The highest BCUT2D eigenvalue weighted by molar-refractivity contribution is 7.99. The van der Waals surface area contributed by atoms with E-state index >= 15 is 0 Å². The van der Waals surface area contributed by atoms with Gasteiger partial charge in [-0.3, -0.25) is 4.79 Å². The smallest absolute Gasteiger partial charge is 0.238 e. The molecule has 1 unspecified atom stereocenters. The molecule has 5 nitrogen and oxygen atoms in total. The largest absolute Gasteiger partial charge is 0.349 e. The quantitative estimate of drug-likeness (QED) is 0.749. The molecule has 134 valence electrons. The maximum atomic E-state index is 12.0. The third-order valence-electron chi connectivity index (χ3n) is 3.50. The number of carbonyl (C=O) groups excluding carboxylic acids is 1. The van der Waals surface area contributed by atoms with E-state index in [1.54, 1.807) is 12.1 Å². The van der Waals surface area contributed by atoms with E-state index in [1.807, 2.05) is 31.2 Å². The molecule has 3 N–H and O–H groups in total. The van der Waals surface area contributed by atoms with Crippen LogP contribution in [0.25, 0.3) is 0 Å². The molecule has 0 aliphatic rings. The minimum Gasteiger partial charge on any atom is -0.349 e. The van der Waals surface area contributed by atoms with Gasteiger partial charge in [-0.05, 0) is 42.3 Å². The Morgan fingerprint density at radius 1 is 1.16 bits per heavy atom. The summed E-state index contributed by atoms with van der Waals surface area (Å²) in [6.07, 6.45) is 0. The summed E-state index contributed by atoms with van der Waals surface area (Å²) in [5.74, 6) is 0.978. The molecule has 0 saturated heterocycles. The fourth-order valence-electron chi connectivity index (χ4n) is 2.15. The summed E-state index contributed by atoms with van der Waals surface area (Å²) in [6.45, 7) is 1.84. The number of carbonyl (C=O) groups is 1. The van der Waals surface area contributed by atoms with Gasteiger partial charge in [0, 0.05) is 10.8 Å². The van der Waals surface area contributed by atoms with Crippen LogP contribution in [-0.4, -0.2) is 20.1 Å². The molecule has 0 saturated carbocycles. The van der Waals surface area contributed by atoms with Crippen LogP contribution in [0.4, 0.5) is 0 Å². The van der Waals surface area contributed by atoms with Crippen LogP contribution in [0, 0.1) is 0 Å². The monoisotopic (exact) mass is 398 g/mol. The van der Waals surface area contributed by atoms with Crippen molar-refractivity contribution in [3.8, 4) is 0 Å². The fraction of sp³-hybridized carbons (Fsp3) is 0.235. The second-order valence-corrected chi connectivity index (χ2v) is 8.51. The van der Waals surface area contributed by atoms with Crippen molar-refractivity contribution in [3.63, 3.8) is 0 Å². The lowest BCUT2D eigenvalue weighted by atomic mass is 10.1. The van der Waals surface area contributed by atoms with Crippen LogP contribution in [0.5, 0.6) is 0 Å². The molecule has 0 aliphatic heterocycles. The second kappa shape index (κ2) is 8.71. The number of nitrogens with two attached hydrogens (primary N) is 1. The molecule has 1 amide bonds. The van der Waals surface area contributed by atoms with Gasteiger partial charge in [-0.25, -0.2) is 13.6 Å². The molecule has 0 fully saturated rings. The highest BCUT2D eigenvalue weighted by atomic mass is 35.5. The molecular formula is C17H19ClN2O3S2. The van der Waals surface area contributed by atoms with Crippen LogP contribution in [0.15, 0.2) is 53.4 Å². The van der Waals surface area contributed by atoms with Crippen LogP contribution in [0.2, 0.25) is 5.02 Å². The Bertz CT molecular complexity index is 822. The van der Waals surface area contributed by atoms with E-state index in [-0.39, 0.29) is 16.8 Å². The first-order chi connectivity index (χ1) is 11.8. The van der Waals surface area contributed by atoms with Crippen molar-refractivity contribution in [1.29, 1.82) is 0 Å². The van der Waals surface area contributed by atoms with Crippen LogP contribution >= 0.6 is 23.4 Å². The molecule has 2 aromatic rings. The summed E-state index contributed by atoms with van der Waals surface area (Å²) in [4.78, 5) is 12.1. The van der Waals surface area contributed by atoms with Gasteiger partial charge >= 0.3 is 0 Å². The highest BCUT2D eigenvalue weighted by Crippen LogP contribution is 2.17. The molecule has 2 aromatic carbocycles.